The Labute approximate surface area is 70.4 Å². The molecule has 62 valence electrons. The number of aliphatic carboxylic acids is 1. The van der Waals surface area contributed by atoms with E-state index in [9.17, 15) is 4.79 Å². The van der Waals surface area contributed by atoms with Crippen molar-refractivity contribution in [2.24, 2.45) is 0 Å². The summed E-state index contributed by atoms with van der Waals surface area (Å²) in [5.74, 6) is -0.925. The molecule has 0 aliphatic rings. The molecule has 1 rings (SSSR count). The minimum absolute atomic E-state index is 0.281. The molecular weight excluding hydrogens is 154 g/mol. The van der Waals surface area contributed by atoms with Crippen molar-refractivity contribution >= 4 is 11.5 Å². The molecule has 0 unspecified atom stereocenters. The molecule has 1 aromatic rings. The van der Waals surface area contributed by atoms with Crippen molar-refractivity contribution in [1.82, 2.24) is 4.98 Å². The second-order valence-corrected chi connectivity index (χ2v) is 2.25. The highest BCUT2D eigenvalue weighted by Gasteiger charge is 2.07. The van der Waals surface area contributed by atoms with E-state index in [-0.39, 0.29) is 5.57 Å². The Balaban J connectivity index is 3.05. The zero-order valence-electron chi connectivity index (χ0n) is 6.69. The number of hydrogen-bond acceptors (Lipinski definition) is 2. The molecule has 0 fully saturated rings. The number of rotatable bonds is 2. The van der Waals surface area contributed by atoms with E-state index in [0.29, 0.717) is 5.56 Å². The van der Waals surface area contributed by atoms with E-state index < -0.39 is 5.97 Å². The van der Waals surface area contributed by atoms with E-state index in [1.165, 1.54) is 6.20 Å². The zero-order valence-corrected chi connectivity index (χ0v) is 6.69. The second kappa shape index (κ2) is 3.67. The fourth-order valence-corrected chi connectivity index (χ4v) is 0.936. The molecule has 0 amide bonds. The molecular formula is C9H9NO2. The summed E-state index contributed by atoms with van der Waals surface area (Å²) in [6.45, 7) is 1.69. The highest BCUT2D eigenvalue weighted by Crippen LogP contribution is 2.11. The summed E-state index contributed by atoms with van der Waals surface area (Å²) < 4.78 is 0. The monoisotopic (exact) mass is 163 g/mol. The molecule has 0 radical (unpaired) electrons. The Morgan fingerprint density at radius 1 is 1.67 bits per heavy atom. The minimum Gasteiger partial charge on any atom is -0.478 e. The number of pyridine rings is 1. The summed E-state index contributed by atoms with van der Waals surface area (Å²) in [5, 5.41) is 8.73. The van der Waals surface area contributed by atoms with Crippen LogP contribution in [0.25, 0.3) is 5.57 Å². The highest BCUT2D eigenvalue weighted by molar-refractivity contribution is 6.15. The number of nitrogens with zero attached hydrogens (tertiary/aromatic N) is 1. The van der Waals surface area contributed by atoms with Crippen molar-refractivity contribution in [2.45, 2.75) is 6.92 Å². The lowest BCUT2D eigenvalue weighted by Gasteiger charge is -1.98. The maximum absolute atomic E-state index is 10.6. The van der Waals surface area contributed by atoms with Gasteiger partial charge < -0.3 is 5.11 Å². The number of carbonyl (C=O) groups is 1. The second-order valence-electron chi connectivity index (χ2n) is 2.25. The number of allylic oxidation sites excluding steroid dienone is 1. The summed E-state index contributed by atoms with van der Waals surface area (Å²) in [6.07, 6.45) is 4.70. The first kappa shape index (κ1) is 8.46. The number of aromatic nitrogens is 1. The van der Waals surface area contributed by atoms with E-state index in [1.54, 1.807) is 31.3 Å². The Bertz CT molecular complexity index is 304. The molecule has 0 atom stereocenters. The van der Waals surface area contributed by atoms with E-state index in [2.05, 4.69) is 4.98 Å². The van der Waals surface area contributed by atoms with Crippen LogP contribution in [0.5, 0.6) is 0 Å². The summed E-state index contributed by atoms with van der Waals surface area (Å²) in [7, 11) is 0. The van der Waals surface area contributed by atoms with E-state index in [4.69, 9.17) is 5.11 Å². The lowest BCUT2D eigenvalue weighted by Crippen LogP contribution is -1.99. The van der Waals surface area contributed by atoms with Crippen LogP contribution in [0.2, 0.25) is 0 Å². The SMILES string of the molecule is C/C=C(/C(=O)O)c1cccnc1. The molecule has 0 aliphatic heterocycles. The van der Waals surface area contributed by atoms with Gasteiger partial charge in [-0.1, -0.05) is 12.1 Å². The standard InChI is InChI=1S/C9H9NO2/c1-2-8(9(11)12)7-4-3-5-10-6-7/h2-6H,1H3,(H,11,12)/b8-2+. The van der Waals surface area contributed by atoms with Gasteiger partial charge in [0.15, 0.2) is 0 Å². The lowest BCUT2D eigenvalue weighted by atomic mass is 10.1. The molecule has 0 bridgehead atoms. The fourth-order valence-electron chi connectivity index (χ4n) is 0.936. The van der Waals surface area contributed by atoms with E-state index in [0.717, 1.165) is 0 Å². The molecule has 0 aromatic carbocycles. The largest absolute Gasteiger partial charge is 0.478 e. The van der Waals surface area contributed by atoms with Gasteiger partial charge in [-0.25, -0.2) is 4.79 Å². The lowest BCUT2D eigenvalue weighted by molar-refractivity contribution is -0.130. The van der Waals surface area contributed by atoms with Gasteiger partial charge in [0.25, 0.3) is 0 Å². The molecule has 12 heavy (non-hydrogen) atoms. The normalized spacial score (nSPS) is 11.2. The van der Waals surface area contributed by atoms with Crippen LogP contribution >= 0.6 is 0 Å². The Hall–Kier alpha value is -1.64. The summed E-state index contributed by atoms with van der Waals surface area (Å²) in [5.41, 5.74) is 0.913. The molecule has 1 N–H and O–H groups in total. The average molecular weight is 163 g/mol. The van der Waals surface area contributed by atoms with E-state index >= 15 is 0 Å². The van der Waals surface area contributed by atoms with Crippen molar-refractivity contribution in [3.05, 3.63) is 36.2 Å². The molecule has 1 aromatic heterocycles. The van der Waals surface area contributed by atoms with Crippen LogP contribution in [-0.2, 0) is 4.79 Å². The van der Waals surface area contributed by atoms with Gasteiger partial charge in [0.2, 0.25) is 0 Å². The summed E-state index contributed by atoms with van der Waals surface area (Å²) in [6, 6.07) is 3.43. The van der Waals surface area contributed by atoms with E-state index in [1.807, 2.05) is 0 Å². The smallest absolute Gasteiger partial charge is 0.336 e. The van der Waals surface area contributed by atoms with Gasteiger partial charge in [-0.05, 0) is 13.0 Å². The highest BCUT2D eigenvalue weighted by atomic mass is 16.4. The first-order valence-electron chi connectivity index (χ1n) is 3.55. The van der Waals surface area contributed by atoms with Crippen LogP contribution in [-0.4, -0.2) is 16.1 Å². The Morgan fingerprint density at radius 3 is 2.83 bits per heavy atom. The Morgan fingerprint density at radius 2 is 2.42 bits per heavy atom. The van der Waals surface area contributed by atoms with Crippen molar-refractivity contribution in [3.63, 3.8) is 0 Å². The van der Waals surface area contributed by atoms with Gasteiger partial charge in [-0.15, -0.1) is 0 Å². The molecule has 3 heteroatoms. The predicted molar refractivity (Wildman–Crippen MR) is 45.5 cm³/mol. The quantitative estimate of drug-likeness (QED) is 0.673. The fraction of sp³-hybridized carbons (Fsp3) is 0.111. The van der Waals surface area contributed by atoms with Gasteiger partial charge in [-0.2, -0.15) is 0 Å². The van der Waals surface area contributed by atoms with Crippen LogP contribution < -0.4 is 0 Å². The van der Waals surface area contributed by atoms with Crippen molar-refractivity contribution < 1.29 is 9.90 Å². The van der Waals surface area contributed by atoms with Gasteiger partial charge >= 0.3 is 5.97 Å². The topological polar surface area (TPSA) is 50.2 Å². The number of hydrogen-bond donors (Lipinski definition) is 1. The molecule has 0 saturated carbocycles. The summed E-state index contributed by atoms with van der Waals surface area (Å²) in [4.78, 5) is 14.5. The Kier molecular flexibility index (Phi) is 2.58. The predicted octanol–water partition coefficient (Wildman–Crippen LogP) is 1.57. The van der Waals surface area contributed by atoms with Gasteiger partial charge in [0.05, 0.1) is 5.57 Å². The minimum atomic E-state index is -0.925. The van der Waals surface area contributed by atoms with Crippen molar-refractivity contribution in [1.29, 1.82) is 0 Å². The van der Waals surface area contributed by atoms with Crippen molar-refractivity contribution in [2.75, 3.05) is 0 Å². The van der Waals surface area contributed by atoms with Gasteiger partial charge in [0, 0.05) is 18.0 Å². The average Bonchev–Trinajstić information content (AvgIpc) is 2.07. The first-order valence-corrected chi connectivity index (χ1v) is 3.55. The van der Waals surface area contributed by atoms with Crippen LogP contribution in [0.15, 0.2) is 30.6 Å². The van der Waals surface area contributed by atoms with Crippen molar-refractivity contribution in [3.8, 4) is 0 Å². The molecule has 0 saturated heterocycles. The zero-order chi connectivity index (χ0) is 8.97. The summed E-state index contributed by atoms with van der Waals surface area (Å²) >= 11 is 0. The molecule has 3 nitrogen and oxygen atoms in total. The third-order valence-corrected chi connectivity index (χ3v) is 1.49. The first-order chi connectivity index (χ1) is 5.75. The van der Waals surface area contributed by atoms with Gasteiger partial charge in [-0.3, -0.25) is 4.98 Å². The van der Waals surface area contributed by atoms with Gasteiger partial charge in [0.1, 0.15) is 0 Å². The number of carboxylic acid groups (broad SMARTS) is 1. The van der Waals surface area contributed by atoms with Crippen LogP contribution in [0.4, 0.5) is 0 Å². The molecule has 0 spiro atoms. The molecule has 1 heterocycles. The third kappa shape index (κ3) is 1.69. The maximum atomic E-state index is 10.6. The third-order valence-electron chi connectivity index (χ3n) is 1.49. The number of carboxylic acids is 1. The van der Waals surface area contributed by atoms with Crippen LogP contribution in [0.1, 0.15) is 12.5 Å². The molecule has 0 aliphatic carbocycles. The van der Waals surface area contributed by atoms with Crippen LogP contribution in [0.3, 0.4) is 0 Å². The maximum Gasteiger partial charge on any atom is 0.336 e. The van der Waals surface area contributed by atoms with Crippen LogP contribution in [0, 0.1) is 0 Å².